The van der Waals surface area contributed by atoms with Crippen LogP contribution in [0.3, 0.4) is 0 Å². The molecule has 0 unspecified atom stereocenters. The van der Waals surface area contributed by atoms with Crippen molar-refractivity contribution >= 4 is 33.0 Å². The first-order valence-corrected chi connectivity index (χ1v) is 7.08. The third-order valence-corrected chi connectivity index (χ3v) is 3.97. The van der Waals surface area contributed by atoms with E-state index >= 15 is 0 Å². The van der Waals surface area contributed by atoms with E-state index in [-0.39, 0.29) is 11.6 Å². The van der Waals surface area contributed by atoms with E-state index < -0.39 is 0 Å². The van der Waals surface area contributed by atoms with Crippen LogP contribution in [0.25, 0.3) is 0 Å². The molecule has 5 heteroatoms. The number of aryl methyl sites for hydroxylation is 1. The predicted octanol–water partition coefficient (Wildman–Crippen LogP) is 3.71. The minimum Gasteiger partial charge on any atom is -0.299 e. The van der Waals surface area contributed by atoms with Crippen LogP contribution in [0.2, 0.25) is 0 Å². The van der Waals surface area contributed by atoms with Crippen molar-refractivity contribution in [3.63, 3.8) is 0 Å². The quantitative estimate of drug-likeness (QED) is 0.856. The number of carbonyl (C=O) groups excluding carboxylic acids is 1. The fraction of sp³-hybridized carbons (Fsp3) is 0.231. The highest BCUT2D eigenvalue weighted by molar-refractivity contribution is 9.10. The normalized spacial score (nSPS) is 10.6. The third-order valence-electron chi connectivity index (χ3n) is 2.40. The SMILES string of the molecule is Cc1csc(CC(=O)Cc2ccc(F)c(Br)c2)n1. The zero-order valence-electron chi connectivity index (χ0n) is 9.74. The van der Waals surface area contributed by atoms with Crippen LogP contribution in [0, 0.1) is 12.7 Å². The first kappa shape index (κ1) is 13.4. The molecule has 0 atom stereocenters. The average Bonchev–Trinajstić information content (AvgIpc) is 2.69. The van der Waals surface area contributed by atoms with Gasteiger partial charge in [0.25, 0.3) is 0 Å². The summed E-state index contributed by atoms with van der Waals surface area (Å²) in [7, 11) is 0. The summed E-state index contributed by atoms with van der Waals surface area (Å²) < 4.78 is 13.4. The summed E-state index contributed by atoms with van der Waals surface area (Å²) in [6, 6.07) is 4.63. The first-order valence-electron chi connectivity index (χ1n) is 5.41. The number of thiazole rings is 1. The highest BCUT2D eigenvalue weighted by Crippen LogP contribution is 2.18. The van der Waals surface area contributed by atoms with Gasteiger partial charge in [0.05, 0.1) is 10.9 Å². The zero-order chi connectivity index (χ0) is 13.1. The predicted molar refractivity (Wildman–Crippen MR) is 73.4 cm³/mol. The van der Waals surface area contributed by atoms with Gasteiger partial charge in [-0.05, 0) is 40.5 Å². The first-order chi connectivity index (χ1) is 8.54. The molecule has 0 bridgehead atoms. The summed E-state index contributed by atoms with van der Waals surface area (Å²) >= 11 is 4.60. The second-order valence-electron chi connectivity index (χ2n) is 4.02. The van der Waals surface area contributed by atoms with Crippen LogP contribution in [-0.4, -0.2) is 10.8 Å². The number of Topliss-reactive ketones (excluding diaryl/α,β-unsaturated/α-hetero) is 1. The molecule has 2 rings (SSSR count). The number of halogens is 2. The fourth-order valence-corrected chi connectivity index (χ4v) is 2.82. The minimum atomic E-state index is -0.318. The molecule has 0 amide bonds. The minimum absolute atomic E-state index is 0.0860. The van der Waals surface area contributed by atoms with E-state index in [2.05, 4.69) is 20.9 Å². The molecule has 94 valence electrons. The Hall–Kier alpha value is -1.07. The van der Waals surface area contributed by atoms with Gasteiger partial charge >= 0.3 is 0 Å². The molecule has 0 aliphatic carbocycles. The maximum atomic E-state index is 13.0. The van der Waals surface area contributed by atoms with Crippen LogP contribution in [0.15, 0.2) is 28.1 Å². The van der Waals surface area contributed by atoms with Gasteiger partial charge in [-0.25, -0.2) is 9.37 Å². The Bertz CT molecular complexity index is 582. The van der Waals surface area contributed by atoms with Crippen molar-refractivity contribution in [2.45, 2.75) is 19.8 Å². The summed E-state index contributed by atoms with van der Waals surface area (Å²) in [6.45, 7) is 1.90. The smallest absolute Gasteiger partial charge is 0.144 e. The van der Waals surface area contributed by atoms with Crippen LogP contribution in [0.5, 0.6) is 0 Å². The molecular formula is C13H11BrFNOS. The van der Waals surface area contributed by atoms with Crippen LogP contribution in [0.4, 0.5) is 4.39 Å². The van der Waals surface area contributed by atoms with E-state index in [4.69, 9.17) is 0 Å². The van der Waals surface area contributed by atoms with E-state index in [1.165, 1.54) is 17.4 Å². The maximum absolute atomic E-state index is 13.0. The highest BCUT2D eigenvalue weighted by Gasteiger charge is 2.09. The molecule has 1 aromatic heterocycles. The monoisotopic (exact) mass is 327 g/mol. The third kappa shape index (κ3) is 3.46. The molecule has 1 aromatic carbocycles. The Morgan fingerprint density at radius 2 is 2.22 bits per heavy atom. The molecule has 0 saturated carbocycles. The van der Waals surface area contributed by atoms with Gasteiger partial charge in [0.15, 0.2) is 0 Å². The molecule has 0 saturated heterocycles. The molecule has 0 radical (unpaired) electrons. The lowest BCUT2D eigenvalue weighted by molar-refractivity contribution is -0.117. The van der Waals surface area contributed by atoms with Gasteiger partial charge in [-0.1, -0.05) is 6.07 Å². The molecular weight excluding hydrogens is 317 g/mol. The summed E-state index contributed by atoms with van der Waals surface area (Å²) in [5.74, 6) is -0.232. The number of ketones is 1. The lowest BCUT2D eigenvalue weighted by Gasteiger charge is -2.01. The van der Waals surface area contributed by atoms with Gasteiger partial charge in [0.1, 0.15) is 16.6 Å². The van der Waals surface area contributed by atoms with Crippen molar-refractivity contribution in [3.8, 4) is 0 Å². The number of nitrogens with zero attached hydrogens (tertiary/aromatic N) is 1. The number of benzene rings is 1. The Morgan fingerprint density at radius 3 is 2.83 bits per heavy atom. The van der Waals surface area contributed by atoms with Crippen molar-refractivity contribution in [2.24, 2.45) is 0 Å². The Balaban J connectivity index is 2.00. The van der Waals surface area contributed by atoms with Crippen molar-refractivity contribution in [2.75, 3.05) is 0 Å². The molecule has 0 aliphatic heterocycles. The Labute approximate surface area is 117 Å². The van der Waals surface area contributed by atoms with Crippen molar-refractivity contribution < 1.29 is 9.18 Å². The molecule has 1 heterocycles. The van der Waals surface area contributed by atoms with E-state index in [9.17, 15) is 9.18 Å². The zero-order valence-corrected chi connectivity index (χ0v) is 12.1. The van der Waals surface area contributed by atoms with Crippen LogP contribution in [-0.2, 0) is 17.6 Å². The topological polar surface area (TPSA) is 30.0 Å². The van der Waals surface area contributed by atoms with Crippen LogP contribution >= 0.6 is 27.3 Å². The fourth-order valence-electron chi connectivity index (χ4n) is 1.59. The van der Waals surface area contributed by atoms with E-state index in [1.807, 2.05) is 12.3 Å². The van der Waals surface area contributed by atoms with Crippen LogP contribution < -0.4 is 0 Å². The van der Waals surface area contributed by atoms with Gasteiger partial charge in [-0.15, -0.1) is 11.3 Å². The second-order valence-corrected chi connectivity index (χ2v) is 5.82. The van der Waals surface area contributed by atoms with E-state index in [0.717, 1.165) is 16.3 Å². The Kier molecular flexibility index (Phi) is 4.24. The van der Waals surface area contributed by atoms with Gasteiger partial charge < -0.3 is 0 Å². The van der Waals surface area contributed by atoms with Gasteiger partial charge in [-0.2, -0.15) is 0 Å². The number of aromatic nitrogens is 1. The number of hydrogen-bond acceptors (Lipinski definition) is 3. The summed E-state index contributed by atoms with van der Waals surface area (Å²) in [5, 5.41) is 2.76. The van der Waals surface area contributed by atoms with Gasteiger partial charge in [-0.3, -0.25) is 4.79 Å². The average molecular weight is 328 g/mol. The molecule has 0 spiro atoms. The van der Waals surface area contributed by atoms with Crippen molar-refractivity contribution in [3.05, 3.63) is 50.1 Å². The largest absolute Gasteiger partial charge is 0.299 e. The lowest BCUT2D eigenvalue weighted by atomic mass is 10.1. The van der Waals surface area contributed by atoms with E-state index in [0.29, 0.717) is 17.3 Å². The molecule has 0 fully saturated rings. The van der Waals surface area contributed by atoms with Gasteiger partial charge in [0.2, 0.25) is 0 Å². The molecule has 18 heavy (non-hydrogen) atoms. The summed E-state index contributed by atoms with van der Waals surface area (Å²) in [6.07, 6.45) is 0.644. The van der Waals surface area contributed by atoms with Crippen molar-refractivity contribution in [1.29, 1.82) is 0 Å². The summed E-state index contributed by atoms with van der Waals surface area (Å²) in [5.41, 5.74) is 1.74. The van der Waals surface area contributed by atoms with Crippen LogP contribution in [0.1, 0.15) is 16.3 Å². The molecule has 2 aromatic rings. The number of carbonyl (C=O) groups is 1. The molecule has 2 nitrogen and oxygen atoms in total. The number of rotatable bonds is 4. The van der Waals surface area contributed by atoms with E-state index in [1.54, 1.807) is 12.1 Å². The summed E-state index contributed by atoms with van der Waals surface area (Å²) in [4.78, 5) is 16.1. The number of hydrogen-bond donors (Lipinski definition) is 0. The molecule has 0 aliphatic rings. The molecule has 0 N–H and O–H groups in total. The lowest BCUT2D eigenvalue weighted by Crippen LogP contribution is -2.06. The highest BCUT2D eigenvalue weighted by atomic mass is 79.9. The second kappa shape index (κ2) is 5.71. The maximum Gasteiger partial charge on any atom is 0.144 e. The van der Waals surface area contributed by atoms with Gasteiger partial charge in [0, 0.05) is 17.5 Å². The van der Waals surface area contributed by atoms with Crippen molar-refractivity contribution in [1.82, 2.24) is 4.98 Å². The Morgan fingerprint density at radius 1 is 1.44 bits per heavy atom. The standard InChI is InChI=1S/C13H11BrFNOS/c1-8-7-18-13(16-8)6-10(17)4-9-2-3-12(15)11(14)5-9/h2-3,5,7H,4,6H2,1H3.